The zero-order chi connectivity index (χ0) is 17.6. The average Bonchev–Trinajstić information content (AvgIpc) is 3.10. The van der Waals surface area contributed by atoms with Gasteiger partial charge in [-0.15, -0.1) is 0 Å². The molecule has 0 aliphatic rings. The molecule has 6 nitrogen and oxygen atoms in total. The summed E-state index contributed by atoms with van der Waals surface area (Å²) in [5, 5.41) is 13.1. The van der Waals surface area contributed by atoms with Crippen molar-refractivity contribution in [1.82, 2.24) is 5.32 Å². The summed E-state index contributed by atoms with van der Waals surface area (Å²) in [5.41, 5.74) is -0.857. The average molecular weight is 333 g/mol. The van der Waals surface area contributed by atoms with Gasteiger partial charge < -0.3 is 24.3 Å². The first-order valence-corrected chi connectivity index (χ1v) is 7.92. The molecule has 0 saturated carbocycles. The number of furan rings is 1. The van der Waals surface area contributed by atoms with Crippen LogP contribution in [-0.4, -0.2) is 30.8 Å². The van der Waals surface area contributed by atoms with Crippen LogP contribution < -0.4 is 14.8 Å². The van der Waals surface area contributed by atoms with Gasteiger partial charge in [0.25, 0.3) is 5.91 Å². The SMILES string of the molecule is CCOc1ccc(C(=O)NCC(C)(O)c2ccco2)cc1OCC. The Bertz CT molecular complexity index is 664. The molecule has 0 spiro atoms. The van der Waals surface area contributed by atoms with E-state index < -0.39 is 5.60 Å². The van der Waals surface area contributed by atoms with Crippen LogP contribution in [0.1, 0.15) is 36.9 Å². The van der Waals surface area contributed by atoms with E-state index in [9.17, 15) is 9.90 Å². The number of benzene rings is 1. The number of aliphatic hydroxyl groups is 1. The Morgan fingerprint density at radius 3 is 2.54 bits per heavy atom. The number of carbonyl (C=O) groups is 1. The van der Waals surface area contributed by atoms with Crippen molar-refractivity contribution >= 4 is 5.91 Å². The van der Waals surface area contributed by atoms with Crippen molar-refractivity contribution < 1.29 is 23.8 Å². The first kappa shape index (κ1) is 17.9. The largest absolute Gasteiger partial charge is 0.490 e. The fraction of sp³-hybridized carbons (Fsp3) is 0.389. The molecule has 1 amide bonds. The van der Waals surface area contributed by atoms with Crippen molar-refractivity contribution in [2.24, 2.45) is 0 Å². The van der Waals surface area contributed by atoms with Crippen LogP contribution in [0.25, 0.3) is 0 Å². The van der Waals surface area contributed by atoms with Crippen molar-refractivity contribution in [3.63, 3.8) is 0 Å². The molecule has 0 radical (unpaired) electrons. The molecular formula is C18H23NO5. The van der Waals surface area contributed by atoms with Crippen LogP contribution in [0.5, 0.6) is 11.5 Å². The highest BCUT2D eigenvalue weighted by Crippen LogP contribution is 2.28. The van der Waals surface area contributed by atoms with Crippen LogP contribution in [-0.2, 0) is 5.60 Å². The summed E-state index contributed by atoms with van der Waals surface area (Å²) in [6.45, 7) is 6.33. The molecule has 0 aliphatic carbocycles. The van der Waals surface area contributed by atoms with Gasteiger partial charge in [0.2, 0.25) is 0 Å². The highest BCUT2D eigenvalue weighted by molar-refractivity contribution is 5.94. The van der Waals surface area contributed by atoms with Crippen molar-refractivity contribution in [3.05, 3.63) is 47.9 Å². The van der Waals surface area contributed by atoms with E-state index >= 15 is 0 Å². The van der Waals surface area contributed by atoms with Crippen LogP contribution in [0, 0.1) is 0 Å². The zero-order valence-electron chi connectivity index (χ0n) is 14.2. The number of hydrogen-bond acceptors (Lipinski definition) is 5. The molecular weight excluding hydrogens is 310 g/mol. The van der Waals surface area contributed by atoms with Crippen molar-refractivity contribution in [2.75, 3.05) is 19.8 Å². The minimum absolute atomic E-state index is 0.0243. The van der Waals surface area contributed by atoms with Crippen LogP contribution in [0.4, 0.5) is 0 Å². The summed E-state index contributed by atoms with van der Waals surface area (Å²) in [5.74, 6) is 1.19. The van der Waals surface area contributed by atoms with Crippen LogP contribution in [0.15, 0.2) is 41.0 Å². The molecule has 1 heterocycles. The maximum atomic E-state index is 12.3. The second kappa shape index (κ2) is 7.88. The Kier molecular flexibility index (Phi) is 5.87. The highest BCUT2D eigenvalue weighted by Gasteiger charge is 2.27. The Hall–Kier alpha value is -2.47. The first-order chi connectivity index (χ1) is 11.5. The van der Waals surface area contributed by atoms with Crippen molar-refractivity contribution in [3.8, 4) is 11.5 Å². The maximum Gasteiger partial charge on any atom is 0.251 e. The van der Waals surface area contributed by atoms with Gasteiger partial charge in [0, 0.05) is 5.56 Å². The highest BCUT2D eigenvalue weighted by atomic mass is 16.5. The van der Waals surface area contributed by atoms with E-state index in [0.29, 0.717) is 36.0 Å². The lowest BCUT2D eigenvalue weighted by Gasteiger charge is -2.21. The minimum Gasteiger partial charge on any atom is -0.490 e. The molecule has 1 aromatic carbocycles. The Morgan fingerprint density at radius 1 is 1.21 bits per heavy atom. The Balaban J connectivity index is 2.08. The molecule has 0 fully saturated rings. The summed E-state index contributed by atoms with van der Waals surface area (Å²) in [4.78, 5) is 12.3. The molecule has 2 aromatic rings. The van der Waals surface area contributed by atoms with Gasteiger partial charge in [-0.05, 0) is 51.1 Å². The minimum atomic E-state index is -1.28. The quantitative estimate of drug-likeness (QED) is 0.776. The number of carbonyl (C=O) groups excluding carboxylic acids is 1. The maximum absolute atomic E-state index is 12.3. The van der Waals surface area contributed by atoms with E-state index in [1.807, 2.05) is 13.8 Å². The molecule has 24 heavy (non-hydrogen) atoms. The summed E-state index contributed by atoms with van der Waals surface area (Å²) in [7, 11) is 0. The monoisotopic (exact) mass is 333 g/mol. The second-order valence-electron chi connectivity index (χ2n) is 5.46. The van der Waals surface area contributed by atoms with E-state index in [1.165, 1.54) is 6.26 Å². The van der Waals surface area contributed by atoms with Gasteiger partial charge in [0.05, 0.1) is 26.0 Å². The smallest absolute Gasteiger partial charge is 0.251 e. The van der Waals surface area contributed by atoms with E-state index in [0.717, 1.165) is 0 Å². The third-order valence-corrected chi connectivity index (χ3v) is 3.45. The van der Waals surface area contributed by atoms with Crippen molar-refractivity contribution in [1.29, 1.82) is 0 Å². The Labute approximate surface area is 141 Å². The van der Waals surface area contributed by atoms with Crippen LogP contribution in [0.3, 0.4) is 0 Å². The van der Waals surface area contributed by atoms with E-state index in [4.69, 9.17) is 13.9 Å². The number of amides is 1. The summed E-state index contributed by atoms with van der Waals surface area (Å²) < 4.78 is 16.2. The molecule has 1 aromatic heterocycles. The lowest BCUT2D eigenvalue weighted by molar-refractivity contribution is 0.0330. The molecule has 2 N–H and O–H groups in total. The zero-order valence-corrected chi connectivity index (χ0v) is 14.2. The van der Waals surface area contributed by atoms with E-state index in [1.54, 1.807) is 37.3 Å². The van der Waals surface area contributed by atoms with Gasteiger partial charge in [0.15, 0.2) is 11.5 Å². The molecule has 1 atom stereocenters. The fourth-order valence-electron chi connectivity index (χ4n) is 2.22. The Morgan fingerprint density at radius 2 is 1.92 bits per heavy atom. The summed E-state index contributed by atoms with van der Waals surface area (Å²) in [6, 6.07) is 8.34. The molecule has 6 heteroatoms. The first-order valence-electron chi connectivity index (χ1n) is 7.92. The molecule has 130 valence electrons. The second-order valence-corrected chi connectivity index (χ2v) is 5.46. The van der Waals surface area contributed by atoms with Crippen LogP contribution >= 0.6 is 0 Å². The third kappa shape index (κ3) is 4.29. The van der Waals surface area contributed by atoms with Gasteiger partial charge in [-0.2, -0.15) is 0 Å². The molecule has 2 rings (SSSR count). The molecule has 0 saturated heterocycles. The molecule has 0 bridgehead atoms. The van der Waals surface area contributed by atoms with Gasteiger partial charge in [-0.25, -0.2) is 0 Å². The summed E-state index contributed by atoms with van der Waals surface area (Å²) >= 11 is 0. The number of rotatable bonds is 8. The van der Waals surface area contributed by atoms with E-state index in [-0.39, 0.29) is 12.5 Å². The number of nitrogens with one attached hydrogen (secondary N) is 1. The number of hydrogen-bond donors (Lipinski definition) is 2. The van der Waals surface area contributed by atoms with Gasteiger partial charge in [0.1, 0.15) is 11.4 Å². The van der Waals surface area contributed by atoms with Gasteiger partial charge in [-0.1, -0.05) is 0 Å². The normalized spacial score (nSPS) is 13.2. The topological polar surface area (TPSA) is 80.9 Å². The molecule has 1 unspecified atom stereocenters. The third-order valence-electron chi connectivity index (χ3n) is 3.45. The fourth-order valence-corrected chi connectivity index (χ4v) is 2.22. The van der Waals surface area contributed by atoms with Gasteiger partial charge in [-0.3, -0.25) is 4.79 Å². The lowest BCUT2D eigenvalue weighted by atomic mass is 10.0. The van der Waals surface area contributed by atoms with Crippen LogP contribution in [0.2, 0.25) is 0 Å². The van der Waals surface area contributed by atoms with E-state index in [2.05, 4.69) is 5.32 Å². The standard InChI is InChI=1S/C18H23NO5/c1-4-22-14-9-8-13(11-15(14)23-5-2)17(20)19-12-18(3,21)16-7-6-10-24-16/h6-11,21H,4-5,12H2,1-3H3,(H,19,20). The predicted molar refractivity (Wildman–Crippen MR) is 89.4 cm³/mol. The number of ether oxygens (including phenoxy) is 2. The van der Waals surface area contributed by atoms with Gasteiger partial charge >= 0.3 is 0 Å². The molecule has 0 aliphatic heterocycles. The summed E-state index contributed by atoms with van der Waals surface area (Å²) in [6.07, 6.45) is 1.48. The lowest BCUT2D eigenvalue weighted by Crippen LogP contribution is -2.38. The predicted octanol–water partition coefficient (Wildman–Crippen LogP) is 2.71. The van der Waals surface area contributed by atoms with Crippen molar-refractivity contribution in [2.45, 2.75) is 26.4 Å².